The molecular weight excluding hydrogens is 258 g/mol. The molecule has 1 heterocycles. The number of benzene rings is 1. The lowest BCUT2D eigenvalue weighted by Crippen LogP contribution is -2.30. The van der Waals surface area contributed by atoms with Crippen molar-refractivity contribution in [3.05, 3.63) is 29.8 Å². The zero-order chi connectivity index (χ0) is 13.9. The van der Waals surface area contributed by atoms with Gasteiger partial charge in [-0.2, -0.15) is 0 Å². The van der Waals surface area contributed by atoms with Gasteiger partial charge in [0, 0.05) is 12.2 Å². The zero-order valence-corrected chi connectivity index (χ0v) is 12.5. The molecule has 0 amide bonds. The van der Waals surface area contributed by atoms with E-state index >= 15 is 0 Å². The van der Waals surface area contributed by atoms with Crippen LogP contribution in [0.4, 0.5) is 5.69 Å². The predicted molar refractivity (Wildman–Crippen MR) is 80.3 cm³/mol. The van der Waals surface area contributed by atoms with E-state index < -0.39 is 9.84 Å². The standard InChI is InChI=1S/C15H23NO2S/c1-12(2)9-10-19(17,18)14-8-7-13-5-3-4-6-15(13)16-11-14/h3-6,12,14,16H,7-11H2,1-2H3. The van der Waals surface area contributed by atoms with Gasteiger partial charge >= 0.3 is 0 Å². The van der Waals surface area contributed by atoms with Crippen LogP contribution in [0.15, 0.2) is 24.3 Å². The summed E-state index contributed by atoms with van der Waals surface area (Å²) in [7, 11) is -2.98. The average Bonchev–Trinajstić information content (AvgIpc) is 2.59. The fourth-order valence-corrected chi connectivity index (χ4v) is 4.37. The summed E-state index contributed by atoms with van der Waals surface area (Å²) in [5.41, 5.74) is 2.31. The van der Waals surface area contributed by atoms with Crippen molar-refractivity contribution in [3.63, 3.8) is 0 Å². The second kappa shape index (κ2) is 5.95. The third kappa shape index (κ3) is 3.72. The van der Waals surface area contributed by atoms with Crippen molar-refractivity contribution in [1.29, 1.82) is 0 Å². The van der Waals surface area contributed by atoms with Crippen LogP contribution in [0.1, 0.15) is 32.3 Å². The van der Waals surface area contributed by atoms with E-state index in [2.05, 4.69) is 25.2 Å². The highest BCUT2D eigenvalue weighted by molar-refractivity contribution is 7.92. The average molecular weight is 281 g/mol. The molecule has 0 spiro atoms. The van der Waals surface area contributed by atoms with E-state index in [1.54, 1.807) is 0 Å². The summed E-state index contributed by atoms with van der Waals surface area (Å²) in [6, 6.07) is 8.09. The number of sulfone groups is 1. The molecule has 0 radical (unpaired) electrons. The fraction of sp³-hybridized carbons (Fsp3) is 0.600. The van der Waals surface area contributed by atoms with E-state index in [0.29, 0.717) is 18.2 Å². The van der Waals surface area contributed by atoms with E-state index in [1.165, 1.54) is 5.56 Å². The van der Waals surface area contributed by atoms with Gasteiger partial charge in [0.15, 0.2) is 9.84 Å². The van der Waals surface area contributed by atoms with Crippen molar-refractivity contribution < 1.29 is 8.42 Å². The molecule has 0 aromatic heterocycles. The number of fused-ring (bicyclic) bond motifs is 1. The molecule has 1 unspecified atom stereocenters. The molecule has 1 aromatic rings. The van der Waals surface area contributed by atoms with Crippen LogP contribution in [0.25, 0.3) is 0 Å². The summed E-state index contributed by atoms with van der Waals surface area (Å²) in [6.45, 7) is 4.67. The quantitative estimate of drug-likeness (QED) is 0.923. The SMILES string of the molecule is CC(C)CCS(=O)(=O)C1CCc2ccccc2NC1. The second-order valence-corrected chi connectivity index (χ2v) is 8.15. The minimum atomic E-state index is -2.98. The van der Waals surface area contributed by atoms with Gasteiger partial charge in [-0.1, -0.05) is 32.0 Å². The molecule has 1 atom stereocenters. The molecule has 0 saturated heterocycles. The van der Waals surface area contributed by atoms with E-state index in [0.717, 1.165) is 24.9 Å². The summed E-state index contributed by atoms with van der Waals surface area (Å²) in [4.78, 5) is 0. The van der Waals surface area contributed by atoms with Crippen LogP contribution in [0.2, 0.25) is 0 Å². The van der Waals surface area contributed by atoms with E-state index in [9.17, 15) is 8.42 Å². The van der Waals surface area contributed by atoms with Gasteiger partial charge in [0.2, 0.25) is 0 Å². The minimum Gasteiger partial charge on any atom is -0.384 e. The monoisotopic (exact) mass is 281 g/mol. The lowest BCUT2D eigenvalue weighted by molar-refractivity contribution is 0.557. The fourth-order valence-electron chi connectivity index (χ4n) is 2.43. The third-order valence-electron chi connectivity index (χ3n) is 3.76. The van der Waals surface area contributed by atoms with Crippen LogP contribution in [0, 0.1) is 5.92 Å². The van der Waals surface area contributed by atoms with Crippen LogP contribution < -0.4 is 5.32 Å². The first kappa shape index (κ1) is 14.4. The smallest absolute Gasteiger partial charge is 0.154 e. The maximum atomic E-state index is 12.4. The van der Waals surface area contributed by atoms with Gasteiger partial charge in [-0.3, -0.25) is 0 Å². The van der Waals surface area contributed by atoms with Crippen LogP contribution in [-0.2, 0) is 16.3 Å². The van der Waals surface area contributed by atoms with Gasteiger partial charge in [-0.05, 0) is 36.8 Å². The lowest BCUT2D eigenvalue weighted by atomic mass is 10.1. The highest BCUT2D eigenvalue weighted by Gasteiger charge is 2.27. The Morgan fingerprint density at radius 1 is 1.32 bits per heavy atom. The molecular formula is C15H23NO2S. The van der Waals surface area contributed by atoms with Gasteiger partial charge in [0.25, 0.3) is 0 Å². The molecule has 4 heteroatoms. The van der Waals surface area contributed by atoms with Crippen LogP contribution in [0.5, 0.6) is 0 Å². The van der Waals surface area contributed by atoms with Gasteiger partial charge < -0.3 is 5.32 Å². The second-order valence-electron chi connectivity index (χ2n) is 5.75. The molecule has 1 aromatic carbocycles. The van der Waals surface area contributed by atoms with E-state index in [-0.39, 0.29) is 5.25 Å². The summed E-state index contributed by atoms with van der Waals surface area (Å²) in [6.07, 6.45) is 2.32. The molecule has 106 valence electrons. The first-order chi connectivity index (χ1) is 8.99. The molecule has 19 heavy (non-hydrogen) atoms. The Morgan fingerprint density at radius 2 is 2.05 bits per heavy atom. The van der Waals surface area contributed by atoms with Crippen molar-refractivity contribution >= 4 is 15.5 Å². The number of anilines is 1. The lowest BCUT2D eigenvalue weighted by Gasteiger charge is -2.16. The molecule has 1 aliphatic heterocycles. The van der Waals surface area contributed by atoms with Gasteiger partial charge in [0.1, 0.15) is 0 Å². The molecule has 0 aliphatic carbocycles. The van der Waals surface area contributed by atoms with Crippen LogP contribution >= 0.6 is 0 Å². The third-order valence-corrected chi connectivity index (χ3v) is 5.98. The Hall–Kier alpha value is -1.03. The van der Waals surface area contributed by atoms with Crippen molar-refractivity contribution in [2.45, 2.75) is 38.4 Å². The number of aryl methyl sites for hydroxylation is 1. The number of hydrogen-bond acceptors (Lipinski definition) is 3. The molecule has 2 rings (SSSR count). The largest absolute Gasteiger partial charge is 0.384 e. The molecule has 0 saturated carbocycles. The first-order valence-electron chi connectivity index (χ1n) is 7.02. The Bertz CT molecular complexity index is 496. The summed E-state index contributed by atoms with van der Waals surface area (Å²) in [5.74, 6) is 0.749. The van der Waals surface area contributed by atoms with Crippen molar-refractivity contribution in [3.8, 4) is 0 Å². The predicted octanol–water partition coefficient (Wildman–Crippen LogP) is 2.87. The van der Waals surface area contributed by atoms with Gasteiger partial charge in [-0.25, -0.2) is 8.42 Å². The van der Waals surface area contributed by atoms with Crippen molar-refractivity contribution in [2.24, 2.45) is 5.92 Å². The van der Waals surface area contributed by atoms with Crippen molar-refractivity contribution in [1.82, 2.24) is 0 Å². The maximum absolute atomic E-state index is 12.4. The summed E-state index contributed by atoms with van der Waals surface area (Å²) in [5, 5.41) is 3.04. The Morgan fingerprint density at radius 3 is 2.79 bits per heavy atom. The zero-order valence-electron chi connectivity index (χ0n) is 11.7. The number of nitrogens with one attached hydrogen (secondary N) is 1. The number of para-hydroxylation sites is 1. The molecule has 3 nitrogen and oxygen atoms in total. The highest BCUT2D eigenvalue weighted by Crippen LogP contribution is 2.24. The van der Waals surface area contributed by atoms with Crippen molar-refractivity contribution in [2.75, 3.05) is 17.6 Å². The van der Waals surface area contributed by atoms with Gasteiger partial charge in [0.05, 0.1) is 11.0 Å². The highest BCUT2D eigenvalue weighted by atomic mass is 32.2. The Kier molecular flexibility index (Phi) is 4.50. The minimum absolute atomic E-state index is 0.251. The van der Waals surface area contributed by atoms with Crippen LogP contribution in [-0.4, -0.2) is 26.0 Å². The maximum Gasteiger partial charge on any atom is 0.154 e. The van der Waals surface area contributed by atoms with Gasteiger partial charge in [-0.15, -0.1) is 0 Å². The topological polar surface area (TPSA) is 46.2 Å². The van der Waals surface area contributed by atoms with Crippen LogP contribution in [0.3, 0.4) is 0 Å². The molecule has 0 fully saturated rings. The molecule has 0 bridgehead atoms. The Balaban J connectivity index is 2.05. The van der Waals surface area contributed by atoms with E-state index in [4.69, 9.17) is 0 Å². The number of rotatable bonds is 4. The summed E-state index contributed by atoms with van der Waals surface area (Å²) < 4.78 is 24.7. The summed E-state index contributed by atoms with van der Waals surface area (Å²) >= 11 is 0. The number of hydrogen-bond donors (Lipinski definition) is 1. The Labute approximate surface area is 116 Å². The molecule has 1 N–H and O–H groups in total. The van der Waals surface area contributed by atoms with E-state index in [1.807, 2.05) is 18.2 Å². The normalized spacial score (nSPS) is 19.6. The molecule has 1 aliphatic rings. The first-order valence-corrected chi connectivity index (χ1v) is 8.74.